The number of carbonyl (C=O) groups is 3. The molecule has 152 valence electrons. The van der Waals surface area contributed by atoms with Gasteiger partial charge < -0.3 is 15.5 Å². The Balaban J connectivity index is 1.73. The zero-order chi connectivity index (χ0) is 20.8. The van der Waals surface area contributed by atoms with Crippen LogP contribution < -0.4 is 10.6 Å². The van der Waals surface area contributed by atoms with Crippen molar-refractivity contribution in [3.8, 4) is 0 Å². The van der Waals surface area contributed by atoms with Crippen LogP contribution in [0.4, 0.5) is 10.1 Å². The van der Waals surface area contributed by atoms with E-state index in [2.05, 4.69) is 10.6 Å². The minimum absolute atomic E-state index is 0.0727. The van der Waals surface area contributed by atoms with Crippen molar-refractivity contribution in [2.45, 2.75) is 32.2 Å². The number of anilines is 1. The van der Waals surface area contributed by atoms with Crippen LogP contribution in [0.1, 0.15) is 46.9 Å². The van der Waals surface area contributed by atoms with Crippen LogP contribution in [-0.4, -0.2) is 41.8 Å². The van der Waals surface area contributed by atoms with Crippen molar-refractivity contribution in [3.63, 3.8) is 0 Å². The standard InChI is InChI=1S/C22H24FN3O3/c1-2-12-24-21(28)19-11-6-13-26(19)22(29)15-7-5-8-16(14-15)25-20(27)17-9-3-4-10-18(17)23/h3-5,7-10,14,19H,2,6,11-13H2,1H3,(H,24,28)(H,25,27). The number of rotatable bonds is 6. The Labute approximate surface area is 169 Å². The van der Waals surface area contributed by atoms with Gasteiger partial charge in [-0.3, -0.25) is 14.4 Å². The molecule has 0 spiro atoms. The first-order valence-electron chi connectivity index (χ1n) is 9.76. The second kappa shape index (κ2) is 9.32. The normalized spacial score (nSPS) is 15.8. The first kappa shape index (κ1) is 20.5. The second-order valence-electron chi connectivity index (χ2n) is 6.96. The zero-order valence-electron chi connectivity index (χ0n) is 16.3. The number of hydrogen-bond donors (Lipinski definition) is 2. The van der Waals surface area contributed by atoms with E-state index in [0.717, 1.165) is 12.8 Å². The summed E-state index contributed by atoms with van der Waals surface area (Å²) in [5.74, 6) is -1.61. The molecule has 1 aliphatic rings. The van der Waals surface area contributed by atoms with Gasteiger partial charge in [-0.15, -0.1) is 0 Å². The SMILES string of the molecule is CCCNC(=O)C1CCCN1C(=O)c1cccc(NC(=O)c2ccccc2F)c1. The Morgan fingerprint density at radius 2 is 1.93 bits per heavy atom. The van der Waals surface area contributed by atoms with Crippen molar-refractivity contribution in [1.82, 2.24) is 10.2 Å². The number of amides is 3. The third kappa shape index (κ3) is 4.80. The van der Waals surface area contributed by atoms with E-state index in [0.29, 0.717) is 30.8 Å². The van der Waals surface area contributed by atoms with Crippen molar-refractivity contribution in [2.75, 3.05) is 18.4 Å². The molecule has 0 radical (unpaired) electrons. The minimum atomic E-state index is -0.616. The summed E-state index contributed by atoms with van der Waals surface area (Å²) in [6.45, 7) is 3.06. The van der Waals surface area contributed by atoms with E-state index in [-0.39, 0.29) is 17.4 Å². The lowest BCUT2D eigenvalue weighted by Crippen LogP contribution is -2.46. The number of nitrogens with zero attached hydrogens (tertiary/aromatic N) is 1. The molecule has 2 aromatic carbocycles. The predicted octanol–water partition coefficient (Wildman–Crippen LogP) is 3.21. The minimum Gasteiger partial charge on any atom is -0.354 e. The van der Waals surface area contributed by atoms with Crippen LogP contribution in [0.3, 0.4) is 0 Å². The summed E-state index contributed by atoms with van der Waals surface area (Å²) >= 11 is 0. The Bertz CT molecular complexity index is 916. The van der Waals surface area contributed by atoms with Gasteiger partial charge in [0.15, 0.2) is 0 Å². The van der Waals surface area contributed by atoms with Gasteiger partial charge in [-0.05, 0) is 49.6 Å². The maximum Gasteiger partial charge on any atom is 0.258 e. The van der Waals surface area contributed by atoms with Crippen LogP contribution in [0.15, 0.2) is 48.5 Å². The third-order valence-corrected chi connectivity index (χ3v) is 4.85. The molecule has 3 amide bonds. The molecule has 7 heteroatoms. The lowest BCUT2D eigenvalue weighted by molar-refractivity contribution is -0.124. The molecule has 1 unspecified atom stereocenters. The molecule has 1 aliphatic heterocycles. The molecule has 2 N–H and O–H groups in total. The van der Waals surface area contributed by atoms with E-state index >= 15 is 0 Å². The lowest BCUT2D eigenvalue weighted by Gasteiger charge is -2.24. The summed E-state index contributed by atoms with van der Waals surface area (Å²) in [6, 6.07) is 11.7. The molecule has 0 aromatic heterocycles. The molecule has 29 heavy (non-hydrogen) atoms. The fourth-order valence-electron chi connectivity index (χ4n) is 3.39. The fourth-order valence-corrected chi connectivity index (χ4v) is 3.39. The van der Waals surface area contributed by atoms with Gasteiger partial charge in [0.1, 0.15) is 11.9 Å². The molecule has 1 saturated heterocycles. The number of likely N-dealkylation sites (tertiary alicyclic amines) is 1. The summed E-state index contributed by atoms with van der Waals surface area (Å²) in [5.41, 5.74) is 0.679. The summed E-state index contributed by atoms with van der Waals surface area (Å²) < 4.78 is 13.8. The van der Waals surface area contributed by atoms with E-state index < -0.39 is 17.8 Å². The van der Waals surface area contributed by atoms with Gasteiger partial charge in [-0.2, -0.15) is 0 Å². The molecule has 1 atom stereocenters. The van der Waals surface area contributed by atoms with Crippen LogP contribution >= 0.6 is 0 Å². The zero-order valence-corrected chi connectivity index (χ0v) is 16.3. The Hall–Kier alpha value is -3.22. The third-order valence-electron chi connectivity index (χ3n) is 4.85. The summed E-state index contributed by atoms with van der Waals surface area (Å²) in [4.78, 5) is 39.2. The number of carbonyl (C=O) groups excluding carboxylic acids is 3. The van der Waals surface area contributed by atoms with Crippen molar-refractivity contribution < 1.29 is 18.8 Å². The van der Waals surface area contributed by atoms with Crippen LogP contribution in [0.2, 0.25) is 0 Å². The van der Waals surface area contributed by atoms with E-state index in [1.54, 1.807) is 35.2 Å². The largest absolute Gasteiger partial charge is 0.354 e. The quantitative estimate of drug-likeness (QED) is 0.786. The monoisotopic (exact) mass is 397 g/mol. The molecule has 0 saturated carbocycles. The van der Waals surface area contributed by atoms with Crippen LogP contribution in [0.5, 0.6) is 0 Å². The average molecular weight is 397 g/mol. The molecule has 6 nitrogen and oxygen atoms in total. The molecular formula is C22H24FN3O3. The van der Waals surface area contributed by atoms with Gasteiger partial charge in [0, 0.05) is 24.3 Å². The van der Waals surface area contributed by atoms with Gasteiger partial charge in [0.2, 0.25) is 5.91 Å². The molecule has 3 rings (SSSR count). The Kier molecular flexibility index (Phi) is 6.59. The first-order valence-corrected chi connectivity index (χ1v) is 9.76. The van der Waals surface area contributed by atoms with Crippen LogP contribution in [-0.2, 0) is 4.79 Å². The number of hydrogen-bond acceptors (Lipinski definition) is 3. The summed E-state index contributed by atoms with van der Waals surface area (Å²) in [5, 5.41) is 5.46. The predicted molar refractivity (Wildman–Crippen MR) is 108 cm³/mol. The van der Waals surface area contributed by atoms with E-state index in [1.807, 2.05) is 6.92 Å². The molecule has 1 heterocycles. The first-order chi connectivity index (χ1) is 14.0. The van der Waals surface area contributed by atoms with Crippen molar-refractivity contribution >= 4 is 23.4 Å². The van der Waals surface area contributed by atoms with E-state index in [9.17, 15) is 18.8 Å². The number of nitrogens with one attached hydrogen (secondary N) is 2. The Morgan fingerprint density at radius 1 is 1.14 bits per heavy atom. The average Bonchev–Trinajstić information content (AvgIpc) is 3.22. The summed E-state index contributed by atoms with van der Waals surface area (Å²) in [6.07, 6.45) is 2.22. The molecule has 2 aromatic rings. The topological polar surface area (TPSA) is 78.5 Å². The van der Waals surface area contributed by atoms with Crippen LogP contribution in [0.25, 0.3) is 0 Å². The van der Waals surface area contributed by atoms with Crippen molar-refractivity contribution in [2.24, 2.45) is 0 Å². The van der Waals surface area contributed by atoms with E-state index in [1.165, 1.54) is 18.2 Å². The maximum atomic E-state index is 13.8. The highest BCUT2D eigenvalue weighted by Gasteiger charge is 2.34. The second-order valence-corrected chi connectivity index (χ2v) is 6.96. The van der Waals surface area contributed by atoms with Crippen molar-refractivity contribution in [1.29, 1.82) is 0 Å². The van der Waals surface area contributed by atoms with E-state index in [4.69, 9.17) is 0 Å². The highest BCUT2D eigenvalue weighted by molar-refractivity contribution is 6.05. The lowest BCUT2D eigenvalue weighted by atomic mass is 10.1. The Morgan fingerprint density at radius 3 is 2.69 bits per heavy atom. The fraction of sp³-hybridized carbons (Fsp3) is 0.318. The summed E-state index contributed by atoms with van der Waals surface area (Å²) in [7, 11) is 0. The molecule has 0 aliphatic carbocycles. The van der Waals surface area contributed by atoms with Gasteiger partial charge >= 0.3 is 0 Å². The van der Waals surface area contributed by atoms with Crippen LogP contribution in [0, 0.1) is 5.82 Å². The molecule has 1 fully saturated rings. The number of benzene rings is 2. The highest BCUT2D eigenvalue weighted by atomic mass is 19.1. The van der Waals surface area contributed by atoms with Crippen molar-refractivity contribution in [3.05, 3.63) is 65.5 Å². The maximum absolute atomic E-state index is 13.8. The number of halogens is 1. The highest BCUT2D eigenvalue weighted by Crippen LogP contribution is 2.22. The van der Waals surface area contributed by atoms with Gasteiger partial charge in [0.25, 0.3) is 11.8 Å². The molecule has 0 bridgehead atoms. The van der Waals surface area contributed by atoms with Gasteiger partial charge in [-0.1, -0.05) is 25.1 Å². The van der Waals surface area contributed by atoms with Gasteiger partial charge in [-0.25, -0.2) is 4.39 Å². The smallest absolute Gasteiger partial charge is 0.258 e. The molecular weight excluding hydrogens is 373 g/mol. The van der Waals surface area contributed by atoms with Gasteiger partial charge in [0.05, 0.1) is 5.56 Å².